The minimum atomic E-state index is -3.69. The molecule has 2 fully saturated rings. The number of hydrogen-bond donors (Lipinski definition) is 0. The van der Waals surface area contributed by atoms with Crippen molar-refractivity contribution in [2.45, 2.75) is 108 Å². The van der Waals surface area contributed by atoms with Crippen molar-refractivity contribution in [1.82, 2.24) is 14.4 Å². The summed E-state index contributed by atoms with van der Waals surface area (Å²) in [5.41, 5.74) is 3.63. The van der Waals surface area contributed by atoms with E-state index in [0.717, 1.165) is 57.7 Å². The SMILES string of the molecule is CC(C)(C)c1cc(C(C)(C)C)c2cc3c4c5c(ncc4n4c6cnc7c(c6c(c2c1)c34)C1CC2CC(CC7C2)C1)C(F)(F)c1ccccc1C5(F)F. The van der Waals surface area contributed by atoms with Crippen molar-refractivity contribution >= 4 is 48.9 Å². The molecule has 4 heterocycles. The van der Waals surface area contributed by atoms with Gasteiger partial charge in [0.25, 0.3) is 0 Å². The van der Waals surface area contributed by atoms with E-state index < -0.39 is 34.2 Å². The topological polar surface area (TPSA) is 30.2 Å². The first kappa shape index (κ1) is 31.3. The molecule has 5 aliphatic carbocycles. The van der Waals surface area contributed by atoms with Crippen LogP contribution in [0.4, 0.5) is 17.6 Å². The van der Waals surface area contributed by atoms with Crippen molar-refractivity contribution in [3.05, 3.63) is 99.6 Å². The number of aromatic nitrogens is 3. The molecule has 2 unspecified atom stereocenters. The van der Waals surface area contributed by atoms with Crippen molar-refractivity contribution < 1.29 is 17.6 Å². The van der Waals surface area contributed by atoms with E-state index in [0.29, 0.717) is 34.6 Å². The molecule has 0 N–H and O–H groups in total. The van der Waals surface area contributed by atoms with Gasteiger partial charge in [-0.05, 0) is 100 Å². The first-order valence-electron chi connectivity index (χ1n) is 18.9. The van der Waals surface area contributed by atoms with Gasteiger partial charge in [-0.3, -0.25) is 9.97 Å². The molecule has 2 atom stereocenters. The molecule has 4 bridgehead atoms. The number of pyridine rings is 2. The summed E-state index contributed by atoms with van der Waals surface area (Å²) >= 11 is 0. The maximum absolute atomic E-state index is 17.0. The highest BCUT2D eigenvalue weighted by molar-refractivity contribution is 6.32. The van der Waals surface area contributed by atoms with Gasteiger partial charge in [0.05, 0.1) is 34.5 Å². The molecule has 3 aromatic carbocycles. The van der Waals surface area contributed by atoms with Crippen LogP contribution in [-0.4, -0.2) is 14.4 Å². The van der Waals surface area contributed by atoms with Crippen LogP contribution >= 0.6 is 0 Å². The number of nitrogens with zero attached hydrogens (tertiary/aromatic N) is 3. The highest BCUT2D eigenvalue weighted by atomic mass is 19.3. The average molecular weight is 700 g/mol. The maximum atomic E-state index is 17.0. The average Bonchev–Trinajstić information content (AvgIpc) is 3.54. The molecule has 0 spiro atoms. The molecule has 0 radical (unpaired) electrons. The largest absolute Gasteiger partial charge is 0.315 e. The third-order valence-electron chi connectivity index (χ3n) is 13.5. The molecule has 52 heavy (non-hydrogen) atoms. The fourth-order valence-corrected chi connectivity index (χ4v) is 11.4. The van der Waals surface area contributed by atoms with Gasteiger partial charge in [0.15, 0.2) is 0 Å². The summed E-state index contributed by atoms with van der Waals surface area (Å²) < 4.78 is 68.9. The van der Waals surface area contributed by atoms with Crippen LogP contribution in [0.5, 0.6) is 0 Å². The first-order valence-corrected chi connectivity index (χ1v) is 18.9. The molecule has 2 saturated carbocycles. The van der Waals surface area contributed by atoms with Crippen LogP contribution in [0.25, 0.3) is 48.9 Å². The quantitative estimate of drug-likeness (QED) is 0.148. The Kier molecular flexibility index (Phi) is 5.68. The molecule has 0 aliphatic heterocycles. The van der Waals surface area contributed by atoms with E-state index in [1.807, 2.05) is 16.7 Å². The monoisotopic (exact) mass is 699 g/mol. The van der Waals surface area contributed by atoms with Crippen LogP contribution in [0, 0.1) is 11.8 Å². The molecule has 3 nitrogen and oxygen atoms in total. The molecule has 0 amide bonds. The van der Waals surface area contributed by atoms with Crippen LogP contribution in [0.15, 0.2) is 54.9 Å². The highest BCUT2D eigenvalue weighted by Gasteiger charge is 2.56. The van der Waals surface area contributed by atoms with Gasteiger partial charge in [-0.1, -0.05) is 71.9 Å². The predicted molar refractivity (Wildman–Crippen MR) is 200 cm³/mol. The van der Waals surface area contributed by atoms with Crippen molar-refractivity contribution in [2.24, 2.45) is 11.8 Å². The van der Waals surface area contributed by atoms with Crippen LogP contribution in [0.2, 0.25) is 0 Å². The van der Waals surface area contributed by atoms with E-state index in [2.05, 4.69) is 58.7 Å². The summed E-state index contributed by atoms with van der Waals surface area (Å²) in [5.74, 6) is -5.18. The van der Waals surface area contributed by atoms with Crippen LogP contribution in [0.3, 0.4) is 0 Å². The lowest BCUT2D eigenvalue weighted by atomic mass is 9.67. The zero-order valence-electron chi connectivity index (χ0n) is 30.4. The predicted octanol–water partition coefficient (Wildman–Crippen LogP) is 12.4. The number of benzene rings is 3. The molecular formula is C45H41F4N3. The Balaban J connectivity index is 1.40. The molecule has 7 aromatic rings. The molecule has 264 valence electrons. The summed E-state index contributed by atoms with van der Waals surface area (Å²) in [5, 5.41) is 5.01. The molecule has 7 heteroatoms. The molecular weight excluding hydrogens is 659 g/mol. The number of fused-ring (bicyclic) bond motifs is 11. The van der Waals surface area contributed by atoms with Gasteiger partial charge in [-0.25, -0.2) is 0 Å². The van der Waals surface area contributed by atoms with E-state index >= 15 is 17.6 Å². The normalized spacial score (nSPS) is 24.7. The molecule has 4 aromatic heterocycles. The van der Waals surface area contributed by atoms with Gasteiger partial charge in [-0.2, -0.15) is 17.6 Å². The lowest BCUT2D eigenvalue weighted by Crippen LogP contribution is -2.34. The lowest BCUT2D eigenvalue weighted by Gasteiger charge is -2.38. The number of halogens is 4. The van der Waals surface area contributed by atoms with Gasteiger partial charge in [0.2, 0.25) is 0 Å². The van der Waals surface area contributed by atoms with E-state index in [-0.39, 0.29) is 16.2 Å². The minimum absolute atomic E-state index is 0.152. The van der Waals surface area contributed by atoms with E-state index in [1.165, 1.54) is 59.8 Å². The molecule has 0 saturated heterocycles. The van der Waals surface area contributed by atoms with Crippen molar-refractivity contribution in [3.8, 4) is 0 Å². The van der Waals surface area contributed by atoms with E-state index in [4.69, 9.17) is 4.98 Å². The Labute approximate surface area is 299 Å². The van der Waals surface area contributed by atoms with Gasteiger partial charge in [-0.15, -0.1) is 0 Å². The van der Waals surface area contributed by atoms with Crippen molar-refractivity contribution in [1.29, 1.82) is 0 Å². The van der Waals surface area contributed by atoms with E-state index in [9.17, 15) is 0 Å². The summed E-state index contributed by atoms with van der Waals surface area (Å²) in [4.78, 5) is 9.53. The number of alkyl halides is 4. The second-order valence-electron chi connectivity index (χ2n) is 18.7. The van der Waals surface area contributed by atoms with Crippen molar-refractivity contribution in [3.63, 3.8) is 0 Å². The van der Waals surface area contributed by atoms with Gasteiger partial charge in [0, 0.05) is 44.3 Å². The van der Waals surface area contributed by atoms with Crippen LogP contribution in [-0.2, 0) is 22.7 Å². The Bertz CT molecular complexity index is 2710. The highest BCUT2D eigenvalue weighted by Crippen LogP contribution is 2.60. The smallest absolute Gasteiger partial charge is 0.305 e. The second-order valence-corrected chi connectivity index (χ2v) is 18.7. The third kappa shape index (κ3) is 3.73. The summed E-state index contributed by atoms with van der Waals surface area (Å²) in [6, 6.07) is 11.7. The molecule has 5 aliphatic rings. The first-order chi connectivity index (χ1) is 24.5. The van der Waals surface area contributed by atoms with Crippen LogP contribution < -0.4 is 0 Å². The zero-order chi connectivity index (χ0) is 36.0. The Morgan fingerprint density at radius 3 is 1.96 bits per heavy atom. The van der Waals surface area contributed by atoms with Gasteiger partial charge < -0.3 is 4.40 Å². The fraction of sp³-hybridized carbons (Fsp3) is 0.422. The van der Waals surface area contributed by atoms with Gasteiger partial charge >= 0.3 is 11.8 Å². The number of rotatable bonds is 0. The summed E-state index contributed by atoms with van der Waals surface area (Å²) in [6.07, 6.45) is 9.32. The van der Waals surface area contributed by atoms with Gasteiger partial charge in [0.1, 0.15) is 5.69 Å². The Hall–Kier alpha value is -4.26. The molecule has 12 rings (SSSR count). The Morgan fingerprint density at radius 1 is 0.654 bits per heavy atom. The van der Waals surface area contributed by atoms with Crippen molar-refractivity contribution in [2.75, 3.05) is 0 Å². The maximum Gasteiger partial charge on any atom is 0.315 e. The van der Waals surface area contributed by atoms with Crippen LogP contribution in [0.1, 0.15) is 130 Å². The summed E-state index contributed by atoms with van der Waals surface area (Å²) in [6.45, 7) is 13.3. The Morgan fingerprint density at radius 2 is 1.29 bits per heavy atom. The minimum Gasteiger partial charge on any atom is -0.305 e. The fourth-order valence-electron chi connectivity index (χ4n) is 11.4. The lowest BCUT2D eigenvalue weighted by molar-refractivity contribution is -0.0137. The van der Waals surface area contributed by atoms with E-state index in [1.54, 1.807) is 0 Å². The standard InChI is InChI=1S/C45H41F4N3/c1-42(2,3)25-16-27-26(31(17-25)43(4,5)6)18-28-35-32(20-51-41-38(35)44(46,47)29-9-7-8-10-30(29)45(41,48)49)52-33-19-50-39-24-14-21-11-22(15-24)13-23(12-21)34(39)37(33)36(27)40(28)52/h7-10,16-24H,11-15H2,1-6H3. The summed E-state index contributed by atoms with van der Waals surface area (Å²) in [7, 11) is 0. The number of hydrogen-bond acceptors (Lipinski definition) is 2. The third-order valence-corrected chi connectivity index (χ3v) is 13.5. The second kappa shape index (κ2) is 9.45. The zero-order valence-corrected chi connectivity index (χ0v) is 30.4.